The number of hydrogen-bond acceptors (Lipinski definition) is 6. The summed E-state index contributed by atoms with van der Waals surface area (Å²) in [6.07, 6.45) is 3.95. The quantitative estimate of drug-likeness (QED) is 0.419. The molecule has 1 aliphatic heterocycles. The normalized spacial score (nSPS) is 15.9. The van der Waals surface area contributed by atoms with E-state index >= 15 is 0 Å². The van der Waals surface area contributed by atoms with Crippen molar-refractivity contribution in [2.24, 2.45) is 5.92 Å². The number of allylic oxidation sites excluding steroid dienone is 1. The summed E-state index contributed by atoms with van der Waals surface area (Å²) in [6.45, 7) is 6.76. The van der Waals surface area contributed by atoms with Gasteiger partial charge in [0.1, 0.15) is 18.2 Å². The molecule has 0 bridgehead atoms. The third-order valence-corrected chi connectivity index (χ3v) is 4.71. The van der Waals surface area contributed by atoms with Crippen LogP contribution in [0.15, 0.2) is 42.5 Å². The van der Waals surface area contributed by atoms with Crippen molar-refractivity contribution in [2.75, 3.05) is 20.2 Å². The predicted octanol–water partition coefficient (Wildman–Crippen LogP) is 3.66. The van der Waals surface area contributed by atoms with Crippen LogP contribution >= 0.6 is 0 Å². The van der Waals surface area contributed by atoms with Crippen LogP contribution in [0.4, 0.5) is 9.59 Å². The zero-order valence-electron chi connectivity index (χ0n) is 18.6. The molecule has 2 amide bonds. The Hall–Kier alpha value is -3.03. The summed E-state index contributed by atoms with van der Waals surface area (Å²) in [5.74, 6) is -0.410. The number of amides is 2. The molecule has 1 aliphatic rings. The zero-order valence-corrected chi connectivity index (χ0v) is 18.6. The Morgan fingerprint density at radius 3 is 2.39 bits per heavy atom. The number of nitrogens with one attached hydrogen (secondary N) is 1. The summed E-state index contributed by atoms with van der Waals surface area (Å²) in [6, 6.07) is 8.32. The van der Waals surface area contributed by atoms with Crippen LogP contribution in [-0.2, 0) is 25.6 Å². The van der Waals surface area contributed by atoms with Gasteiger partial charge in [-0.25, -0.2) is 14.4 Å². The fraction of sp³-hybridized carbons (Fsp3) is 0.522. The Morgan fingerprint density at radius 2 is 1.81 bits per heavy atom. The van der Waals surface area contributed by atoms with Crippen LogP contribution in [0.2, 0.25) is 0 Å². The predicted molar refractivity (Wildman–Crippen MR) is 115 cm³/mol. The van der Waals surface area contributed by atoms with Crippen LogP contribution < -0.4 is 5.32 Å². The SMILES string of the molecule is COC(=O)C(/C=C/C1CCN(C(=O)OC(C)(C)C)CC1)NC(=O)OCc1ccccc1. The second-order valence-corrected chi connectivity index (χ2v) is 8.40. The van der Waals surface area contributed by atoms with Crippen LogP contribution in [0.5, 0.6) is 0 Å². The molecule has 1 heterocycles. The first-order valence-corrected chi connectivity index (χ1v) is 10.4. The summed E-state index contributed by atoms with van der Waals surface area (Å²) in [5, 5.41) is 2.52. The molecule has 31 heavy (non-hydrogen) atoms. The Morgan fingerprint density at radius 1 is 1.16 bits per heavy atom. The van der Waals surface area contributed by atoms with Gasteiger partial charge in [0.15, 0.2) is 0 Å². The van der Waals surface area contributed by atoms with Gasteiger partial charge in [-0.1, -0.05) is 42.5 Å². The fourth-order valence-corrected chi connectivity index (χ4v) is 3.07. The molecule has 2 rings (SSSR count). The third-order valence-electron chi connectivity index (χ3n) is 4.71. The maximum absolute atomic E-state index is 12.2. The largest absolute Gasteiger partial charge is 0.467 e. The number of carbonyl (C=O) groups excluding carboxylic acids is 3. The van der Waals surface area contributed by atoms with E-state index in [4.69, 9.17) is 14.2 Å². The van der Waals surface area contributed by atoms with Crippen molar-refractivity contribution < 1.29 is 28.6 Å². The lowest BCUT2D eigenvalue weighted by Gasteiger charge is -2.32. The number of esters is 1. The Labute approximate surface area is 183 Å². The van der Waals surface area contributed by atoms with Gasteiger partial charge in [0.05, 0.1) is 7.11 Å². The minimum atomic E-state index is -0.947. The van der Waals surface area contributed by atoms with Gasteiger partial charge in [-0.3, -0.25) is 0 Å². The second kappa shape index (κ2) is 11.4. The molecular weight excluding hydrogens is 400 g/mol. The first-order valence-electron chi connectivity index (χ1n) is 10.4. The number of methoxy groups -OCH3 is 1. The molecule has 8 heteroatoms. The van der Waals surface area contributed by atoms with E-state index in [1.54, 1.807) is 11.0 Å². The van der Waals surface area contributed by atoms with E-state index in [9.17, 15) is 14.4 Å². The highest BCUT2D eigenvalue weighted by atomic mass is 16.6. The summed E-state index contributed by atoms with van der Waals surface area (Å²) >= 11 is 0. The lowest BCUT2D eigenvalue weighted by molar-refractivity contribution is -0.141. The third kappa shape index (κ3) is 8.70. The highest BCUT2D eigenvalue weighted by Gasteiger charge is 2.26. The van der Waals surface area contributed by atoms with Crippen molar-refractivity contribution in [3.8, 4) is 0 Å². The van der Waals surface area contributed by atoms with Crippen LogP contribution in [0.1, 0.15) is 39.2 Å². The average Bonchev–Trinajstić information content (AvgIpc) is 2.74. The monoisotopic (exact) mass is 432 g/mol. The van der Waals surface area contributed by atoms with Gasteiger partial charge in [0, 0.05) is 13.1 Å². The molecule has 1 fully saturated rings. The van der Waals surface area contributed by atoms with E-state index in [1.165, 1.54) is 7.11 Å². The molecule has 8 nitrogen and oxygen atoms in total. The molecule has 1 saturated heterocycles. The Balaban J connectivity index is 1.84. The van der Waals surface area contributed by atoms with Crippen molar-refractivity contribution in [1.82, 2.24) is 10.2 Å². The molecule has 1 unspecified atom stereocenters. The number of nitrogens with zero attached hydrogens (tertiary/aromatic N) is 1. The van der Waals surface area contributed by atoms with E-state index in [0.717, 1.165) is 18.4 Å². The number of alkyl carbamates (subject to hydrolysis) is 1. The van der Waals surface area contributed by atoms with Gasteiger partial charge in [0.2, 0.25) is 0 Å². The van der Waals surface area contributed by atoms with Crippen molar-refractivity contribution in [3.05, 3.63) is 48.0 Å². The standard InChI is InChI=1S/C23H32N2O6/c1-23(2,3)31-22(28)25-14-12-17(13-15-25)10-11-19(20(26)29-4)24-21(27)30-16-18-8-6-5-7-9-18/h5-11,17,19H,12-16H2,1-4H3,(H,24,27)/b11-10+. The van der Waals surface area contributed by atoms with E-state index in [1.807, 2.05) is 57.2 Å². The van der Waals surface area contributed by atoms with E-state index in [2.05, 4.69) is 5.32 Å². The highest BCUT2D eigenvalue weighted by Crippen LogP contribution is 2.21. The van der Waals surface area contributed by atoms with Crippen LogP contribution in [-0.4, -0.2) is 54.9 Å². The summed E-state index contributed by atoms with van der Waals surface area (Å²) < 4.78 is 15.4. The minimum absolute atomic E-state index is 0.105. The Bertz CT molecular complexity index is 764. The summed E-state index contributed by atoms with van der Waals surface area (Å²) in [5.41, 5.74) is 0.321. The highest BCUT2D eigenvalue weighted by molar-refractivity contribution is 5.83. The Kier molecular flexibility index (Phi) is 8.90. The minimum Gasteiger partial charge on any atom is -0.467 e. The van der Waals surface area contributed by atoms with Crippen LogP contribution in [0.3, 0.4) is 0 Å². The zero-order chi connectivity index (χ0) is 22.9. The topological polar surface area (TPSA) is 94.2 Å². The van der Waals surface area contributed by atoms with Gasteiger partial charge in [-0.15, -0.1) is 0 Å². The first-order chi connectivity index (χ1) is 14.7. The van der Waals surface area contributed by atoms with Crippen molar-refractivity contribution in [3.63, 3.8) is 0 Å². The van der Waals surface area contributed by atoms with Crippen LogP contribution in [0.25, 0.3) is 0 Å². The molecule has 1 aromatic rings. The van der Waals surface area contributed by atoms with Gasteiger partial charge in [-0.2, -0.15) is 0 Å². The molecular formula is C23H32N2O6. The number of rotatable bonds is 6. The van der Waals surface area contributed by atoms with Gasteiger partial charge >= 0.3 is 18.2 Å². The lowest BCUT2D eigenvalue weighted by atomic mass is 9.96. The summed E-state index contributed by atoms with van der Waals surface area (Å²) in [7, 11) is 1.26. The van der Waals surface area contributed by atoms with Crippen molar-refractivity contribution >= 4 is 18.2 Å². The molecule has 1 aromatic carbocycles. The number of carbonyl (C=O) groups is 3. The number of piperidine rings is 1. The maximum Gasteiger partial charge on any atom is 0.410 e. The van der Waals surface area contributed by atoms with Crippen molar-refractivity contribution in [1.29, 1.82) is 0 Å². The second-order valence-electron chi connectivity index (χ2n) is 8.40. The maximum atomic E-state index is 12.2. The molecule has 1 N–H and O–H groups in total. The lowest BCUT2D eigenvalue weighted by Crippen LogP contribution is -2.42. The number of hydrogen-bond donors (Lipinski definition) is 1. The van der Waals surface area contributed by atoms with E-state index in [0.29, 0.717) is 13.1 Å². The molecule has 0 spiro atoms. The van der Waals surface area contributed by atoms with E-state index in [-0.39, 0.29) is 18.6 Å². The smallest absolute Gasteiger partial charge is 0.410 e. The molecule has 0 saturated carbocycles. The number of likely N-dealkylation sites (tertiary alicyclic amines) is 1. The van der Waals surface area contributed by atoms with Gasteiger partial charge in [-0.05, 0) is 45.1 Å². The molecule has 0 aromatic heterocycles. The fourth-order valence-electron chi connectivity index (χ4n) is 3.07. The molecule has 0 aliphatic carbocycles. The average molecular weight is 433 g/mol. The van der Waals surface area contributed by atoms with Crippen molar-refractivity contribution in [2.45, 2.75) is 51.9 Å². The first kappa shape index (κ1) is 24.2. The number of benzene rings is 1. The molecule has 170 valence electrons. The summed E-state index contributed by atoms with van der Waals surface area (Å²) in [4.78, 5) is 38.0. The van der Waals surface area contributed by atoms with Gasteiger partial charge < -0.3 is 24.4 Å². The van der Waals surface area contributed by atoms with Crippen LogP contribution in [0, 0.1) is 5.92 Å². The van der Waals surface area contributed by atoms with E-state index < -0.39 is 23.7 Å². The molecule has 0 radical (unpaired) electrons. The van der Waals surface area contributed by atoms with Gasteiger partial charge in [0.25, 0.3) is 0 Å². The number of ether oxygens (including phenoxy) is 3. The molecule has 1 atom stereocenters.